The van der Waals surface area contributed by atoms with E-state index in [0.717, 1.165) is 0 Å². The Balaban J connectivity index is 2.22. The number of pyridine rings is 1. The number of amides is 1. The number of aromatic nitrogens is 1. The van der Waals surface area contributed by atoms with Crippen molar-refractivity contribution in [1.82, 2.24) is 9.88 Å². The van der Waals surface area contributed by atoms with Crippen LogP contribution in [0.4, 0.5) is 0 Å². The molecule has 1 aromatic heterocycles. The predicted molar refractivity (Wildman–Crippen MR) is 70.1 cm³/mol. The number of hydrogen-bond donors (Lipinski definition) is 1. The van der Waals surface area contributed by atoms with Gasteiger partial charge in [0.25, 0.3) is 5.91 Å². The normalized spacial score (nSPS) is 23.2. The molecule has 104 valence electrons. The molecule has 0 radical (unpaired) electrons. The fourth-order valence-corrected chi connectivity index (χ4v) is 2.11. The lowest BCUT2D eigenvalue weighted by Crippen LogP contribution is -2.53. The third-order valence-corrected chi connectivity index (χ3v) is 3.22. The van der Waals surface area contributed by atoms with Crippen LogP contribution in [0.5, 0.6) is 5.88 Å². The van der Waals surface area contributed by atoms with Gasteiger partial charge in [-0.1, -0.05) is 0 Å². The molecule has 1 aromatic rings. The SMILES string of the molecule is COc1ncccc1C(=O)N1CC(CN)OCC1C. The molecule has 1 fully saturated rings. The first-order chi connectivity index (χ1) is 9.17. The molecule has 1 amide bonds. The fourth-order valence-electron chi connectivity index (χ4n) is 2.11. The summed E-state index contributed by atoms with van der Waals surface area (Å²) in [5.41, 5.74) is 6.07. The summed E-state index contributed by atoms with van der Waals surface area (Å²) in [7, 11) is 1.50. The van der Waals surface area contributed by atoms with Gasteiger partial charge in [-0.3, -0.25) is 4.79 Å². The van der Waals surface area contributed by atoms with E-state index in [0.29, 0.717) is 31.1 Å². The van der Waals surface area contributed by atoms with Gasteiger partial charge in [-0.25, -0.2) is 4.98 Å². The Hall–Kier alpha value is -1.66. The molecule has 0 aliphatic carbocycles. The summed E-state index contributed by atoms with van der Waals surface area (Å²) in [5.74, 6) is 0.245. The molecule has 0 bridgehead atoms. The molecule has 0 saturated carbocycles. The van der Waals surface area contributed by atoms with Crippen molar-refractivity contribution in [2.24, 2.45) is 5.73 Å². The van der Waals surface area contributed by atoms with E-state index in [1.54, 1.807) is 23.2 Å². The number of nitrogens with two attached hydrogens (primary N) is 1. The van der Waals surface area contributed by atoms with E-state index in [4.69, 9.17) is 15.2 Å². The zero-order valence-corrected chi connectivity index (χ0v) is 11.2. The second kappa shape index (κ2) is 5.99. The molecule has 19 heavy (non-hydrogen) atoms. The molecule has 1 aliphatic heterocycles. The molecule has 6 heteroatoms. The van der Waals surface area contributed by atoms with Gasteiger partial charge in [0.2, 0.25) is 5.88 Å². The summed E-state index contributed by atoms with van der Waals surface area (Å²) in [4.78, 5) is 18.4. The lowest BCUT2D eigenvalue weighted by atomic mass is 10.1. The van der Waals surface area contributed by atoms with E-state index in [9.17, 15) is 4.79 Å². The van der Waals surface area contributed by atoms with Crippen LogP contribution in [0.15, 0.2) is 18.3 Å². The maximum atomic E-state index is 12.6. The smallest absolute Gasteiger partial charge is 0.259 e. The van der Waals surface area contributed by atoms with E-state index < -0.39 is 0 Å². The molecule has 1 aliphatic rings. The summed E-state index contributed by atoms with van der Waals surface area (Å²) >= 11 is 0. The first-order valence-electron chi connectivity index (χ1n) is 6.29. The van der Waals surface area contributed by atoms with Gasteiger partial charge in [-0.2, -0.15) is 0 Å². The Morgan fingerprint density at radius 2 is 2.47 bits per heavy atom. The van der Waals surface area contributed by atoms with Gasteiger partial charge in [-0.05, 0) is 19.1 Å². The van der Waals surface area contributed by atoms with E-state index in [1.807, 2.05) is 6.92 Å². The van der Waals surface area contributed by atoms with Gasteiger partial charge >= 0.3 is 0 Å². The Morgan fingerprint density at radius 3 is 3.16 bits per heavy atom. The highest BCUT2D eigenvalue weighted by Crippen LogP contribution is 2.20. The minimum atomic E-state index is -0.109. The largest absolute Gasteiger partial charge is 0.480 e. The van der Waals surface area contributed by atoms with Crippen molar-refractivity contribution in [1.29, 1.82) is 0 Å². The Kier molecular flexibility index (Phi) is 4.34. The number of hydrogen-bond acceptors (Lipinski definition) is 5. The molecule has 6 nitrogen and oxygen atoms in total. The molecule has 1 saturated heterocycles. The summed E-state index contributed by atoms with van der Waals surface area (Å²) in [5, 5.41) is 0. The predicted octanol–water partition coefficient (Wildman–Crippen LogP) is 0.278. The summed E-state index contributed by atoms with van der Waals surface area (Å²) in [6.07, 6.45) is 1.49. The molecule has 2 N–H and O–H groups in total. The van der Waals surface area contributed by atoms with E-state index in [1.165, 1.54) is 7.11 Å². The van der Waals surface area contributed by atoms with Gasteiger partial charge in [0.05, 0.1) is 25.9 Å². The maximum Gasteiger partial charge on any atom is 0.259 e. The van der Waals surface area contributed by atoms with Gasteiger partial charge in [-0.15, -0.1) is 0 Å². The van der Waals surface area contributed by atoms with Crippen molar-refractivity contribution >= 4 is 5.91 Å². The first-order valence-corrected chi connectivity index (χ1v) is 6.29. The van der Waals surface area contributed by atoms with Gasteiger partial charge in [0, 0.05) is 19.3 Å². The lowest BCUT2D eigenvalue weighted by Gasteiger charge is -2.37. The quantitative estimate of drug-likeness (QED) is 0.849. The standard InChI is InChI=1S/C13H19N3O3/c1-9-8-19-10(6-14)7-16(9)13(17)11-4-3-5-15-12(11)18-2/h3-5,9-10H,6-8,14H2,1-2H3. The van der Waals surface area contributed by atoms with E-state index >= 15 is 0 Å². The van der Waals surface area contributed by atoms with Crippen LogP contribution < -0.4 is 10.5 Å². The number of carbonyl (C=O) groups excluding carboxylic acids is 1. The maximum absolute atomic E-state index is 12.6. The van der Waals surface area contributed by atoms with Crippen LogP contribution in [0.3, 0.4) is 0 Å². The average molecular weight is 265 g/mol. The number of carbonyl (C=O) groups is 1. The number of methoxy groups -OCH3 is 1. The average Bonchev–Trinajstić information content (AvgIpc) is 2.47. The third-order valence-electron chi connectivity index (χ3n) is 3.22. The molecule has 2 rings (SSSR count). The van der Waals surface area contributed by atoms with Crippen molar-refractivity contribution in [2.75, 3.05) is 26.8 Å². The van der Waals surface area contributed by atoms with Crippen LogP contribution in [0.1, 0.15) is 17.3 Å². The van der Waals surface area contributed by atoms with Crippen LogP contribution in [-0.4, -0.2) is 54.7 Å². The highest BCUT2D eigenvalue weighted by atomic mass is 16.5. The number of nitrogens with zero attached hydrogens (tertiary/aromatic N) is 2. The summed E-state index contributed by atoms with van der Waals surface area (Å²) in [6, 6.07) is 3.45. The van der Waals surface area contributed by atoms with E-state index in [2.05, 4.69) is 4.98 Å². The monoisotopic (exact) mass is 265 g/mol. The van der Waals surface area contributed by atoms with Crippen LogP contribution >= 0.6 is 0 Å². The van der Waals surface area contributed by atoms with Gasteiger partial charge in [0.15, 0.2) is 0 Å². The minimum absolute atomic E-state index is 0.0141. The zero-order valence-electron chi connectivity index (χ0n) is 11.2. The Labute approximate surface area is 112 Å². The molecule has 2 unspecified atom stereocenters. The third kappa shape index (κ3) is 2.85. The van der Waals surface area contributed by atoms with Crippen molar-refractivity contribution in [3.63, 3.8) is 0 Å². The van der Waals surface area contributed by atoms with Crippen molar-refractivity contribution in [2.45, 2.75) is 19.1 Å². The molecule has 2 heterocycles. The zero-order chi connectivity index (χ0) is 13.8. The molecular weight excluding hydrogens is 246 g/mol. The number of rotatable bonds is 3. The highest BCUT2D eigenvalue weighted by Gasteiger charge is 2.31. The van der Waals surface area contributed by atoms with Crippen molar-refractivity contribution < 1.29 is 14.3 Å². The van der Waals surface area contributed by atoms with Crippen LogP contribution in [-0.2, 0) is 4.74 Å². The van der Waals surface area contributed by atoms with Crippen LogP contribution in [0.2, 0.25) is 0 Å². The first kappa shape index (κ1) is 13.8. The fraction of sp³-hybridized carbons (Fsp3) is 0.538. The minimum Gasteiger partial charge on any atom is -0.480 e. The summed E-state index contributed by atoms with van der Waals surface area (Å²) < 4.78 is 10.7. The van der Waals surface area contributed by atoms with Gasteiger partial charge in [0.1, 0.15) is 5.56 Å². The lowest BCUT2D eigenvalue weighted by molar-refractivity contribution is -0.0427. The molecule has 2 atom stereocenters. The van der Waals surface area contributed by atoms with Crippen LogP contribution in [0, 0.1) is 0 Å². The topological polar surface area (TPSA) is 77.7 Å². The van der Waals surface area contributed by atoms with Crippen molar-refractivity contribution in [3.05, 3.63) is 23.9 Å². The molecular formula is C13H19N3O3. The molecule has 0 spiro atoms. The number of morpholine rings is 1. The van der Waals surface area contributed by atoms with Gasteiger partial charge < -0.3 is 20.1 Å². The van der Waals surface area contributed by atoms with E-state index in [-0.39, 0.29) is 18.1 Å². The second-order valence-corrected chi connectivity index (χ2v) is 4.56. The Bertz CT molecular complexity index is 453. The summed E-state index contributed by atoms with van der Waals surface area (Å²) in [6.45, 7) is 3.35. The highest BCUT2D eigenvalue weighted by molar-refractivity contribution is 5.96. The number of ether oxygens (including phenoxy) is 2. The van der Waals surface area contributed by atoms with Crippen LogP contribution in [0.25, 0.3) is 0 Å². The molecule has 0 aromatic carbocycles. The Morgan fingerprint density at radius 1 is 1.68 bits per heavy atom. The second-order valence-electron chi connectivity index (χ2n) is 4.56. The van der Waals surface area contributed by atoms with Crippen molar-refractivity contribution in [3.8, 4) is 5.88 Å².